The first-order chi connectivity index (χ1) is 11.7. The molecule has 0 radical (unpaired) electrons. The summed E-state index contributed by atoms with van der Waals surface area (Å²) in [6, 6.07) is 21.5. The molecule has 2 nitrogen and oxygen atoms in total. The molecule has 0 aromatic heterocycles. The molecule has 3 rings (SSSR count). The van der Waals surface area contributed by atoms with Crippen LogP contribution in [-0.2, 0) is 6.42 Å². The number of aryl methyl sites for hydroxylation is 1. The quantitative estimate of drug-likeness (QED) is 0.706. The number of nitrogens with two attached hydrogens (primary N) is 1. The zero-order valence-electron chi connectivity index (χ0n) is 14.5. The third-order valence-electron chi connectivity index (χ3n) is 4.60. The van der Waals surface area contributed by atoms with Crippen molar-refractivity contribution in [1.82, 2.24) is 0 Å². The van der Waals surface area contributed by atoms with E-state index in [4.69, 9.17) is 10.5 Å². The molecule has 0 aliphatic heterocycles. The number of hydrogen-bond acceptors (Lipinski definition) is 2. The van der Waals surface area contributed by atoms with Crippen molar-refractivity contribution in [1.29, 1.82) is 0 Å². The molecule has 0 aliphatic carbocycles. The molecule has 0 aliphatic rings. The number of hydrogen-bond donors (Lipinski definition) is 1. The summed E-state index contributed by atoms with van der Waals surface area (Å²) in [4.78, 5) is 0. The van der Waals surface area contributed by atoms with Crippen LogP contribution >= 0.6 is 0 Å². The molecule has 24 heavy (non-hydrogen) atoms. The average molecular weight is 319 g/mol. The Kier molecular flexibility index (Phi) is 5.17. The molecule has 2 heteroatoms. The van der Waals surface area contributed by atoms with Gasteiger partial charge in [0, 0.05) is 5.92 Å². The molecule has 3 aromatic rings. The minimum atomic E-state index is 0.310. The maximum absolute atomic E-state index is 6.11. The zero-order valence-corrected chi connectivity index (χ0v) is 14.5. The molecule has 0 saturated carbocycles. The molecule has 124 valence electrons. The molecule has 1 atom stereocenters. The highest BCUT2D eigenvalue weighted by Crippen LogP contribution is 2.28. The molecule has 0 bridgehead atoms. The van der Waals surface area contributed by atoms with E-state index in [0.29, 0.717) is 19.1 Å². The number of fused-ring (bicyclic) bond motifs is 1. The van der Waals surface area contributed by atoms with Crippen LogP contribution in [0.2, 0.25) is 0 Å². The highest BCUT2D eigenvalue weighted by atomic mass is 16.5. The molecule has 0 fully saturated rings. The first-order valence-corrected chi connectivity index (χ1v) is 8.63. The largest absolute Gasteiger partial charge is 0.494 e. The van der Waals surface area contributed by atoms with Gasteiger partial charge in [0.2, 0.25) is 0 Å². The number of rotatable bonds is 6. The lowest BCUT2D eigenvalue weighted by atomic mass is 9.89. The standard InChI is InChI=1S/C22H25NO/c1-3-24-22-12-11-18(13-16(22)2)20(15-23)14-19-9-6-8-17-7-4-5-10-21(17)19/h4-13,20H,3,14-15,23H2,1-2H3. The van der Waals surface area contributed by atoms with E-state index in [1.807, 2.05) is 6.92 Å². The highest BCUT2D eigenvalue weighted by molar-refractivity contribution is 5.85. The number of benzene rings is 3. The van der Waals surface area contributed by atoms with E-state index in [2.05, 4.69) is 67.6 Å². The van der Waals surface area contributed by atoms with Crippen LogP contribution in [-0.4, -0.2) is 13.2 Å². The normalized spacial score (nSPS) is 12.3. The van der Waals surface area contributed by atoms with Gasteiger partial charge in [-0.05, 0) is 60.3 Å². The second kappa shape index (κ2) is 7.50. The summed E-state index contributed by atoms with van der Waals surface area (Å²) in [6.45, 7) is 5.43. The van der Waals surface area contributed by atoms with E-state index >= 15 is 0 Å². The van der Waals surface area contributed by atoms with Gasteiger partial charge in [-0.15, -0.1) is 0 Å². The van der Waals surface area contributed by atoms with Crippen molar-refractivity contribution in [2.24, 2.45) is 5.73 Å². The average Bonchev–Trinajstić information content (AvgIpc) is 2.61. The smallest absolute Gasteiger partial charge is 0.122 e. The van der Waals surface area contributed by atoms with E-state index < -0.39 is 0 Å². The van der Waals surface area contributed by atoms with Gasteiger partial charge in [0.05, 0.1) is 6.61 Å². The van der Waals surface area contributed by atoms with Crippen LogP contribution in [0.15, 0.2) is 60.7 Å². The van der Waals surface area contributed by atoms with Gasteiger partial charge in [-0.2, -0.15) is 0 Å². The van der Waals surface area contributed by atoms with Crippen LogP contribution < -0.4 is 10.5 Å². The fourth-order valence-corrected chi connectivity index (χ4v) is 3.32. The second-order valence-corrected chi connectivity index (χ2v) is 6.23. The predicted octanol–water partition coefficient (Wildman–Crippen LogP) is 4.83. The minimum absolute atomic E-state index is 0.310. The van der Waals surface area contributed by atoms with Crippen LogP contribution in [0.25, 0.3) is 10.8 Å². The summed E-state index contributed by atoms with van der Waals surface area (Å²) in [6.07, 6.45) is 0.950. The first kappa shape index (κ1) is 16.5. The Hall–Kier alpha value is -2.32. The van der Waals surface area contributed by atoms with E-state index in [1.165, 1.54) is 27.5 Å². The fourth-order valence-electron chi connectivity index (χ4n) is 3.32. The molecule has 0 saturated heterocycles. The summed E-state index contributed by atoms with van der Waals surface area (Å²) in [5.41, 5.74) is 9.92. The van der Waals surface area contributed by atoms with Gasteiger partial charge in [-0.25, -0.2) is 0 Å². The Bertz CT molecular complexity index is 820. The van der Waals surface area contributed by atoms with Gasteiger partial charge in [-0.3, -0.25) is 0 Å². The Balaban J connectivity index is 1.90. The third-order valence-corrected chi connectivity index (χ3v) is 4.60. The summed E-state index contributed by atoms with van der Waals surface area (Å²) >= 11 is 0. The van der Waals surface area contributed by atoms with Crippen molar-refractivity contribution < 1.29 is 4.74 Å². The van der Waals surface area contributed by atoms with Crippen LogP contribution in [0, 0.1) is 6.92 Å². The summed E-state index contributed by atoms with van der Waals surface area (Å²) in [7, 11) is 0. The molecule has 2 N–H and O–H groups in total. The lowest BCUT2D eigenvalue weighted by Gasteiger charge is -2.18. The van der Waals surface area contributed by atoms with Crippen molar-refractivity contribution in [3.8, 4) is 5.75 Å². The second-order valence-electron chi connectivity index (χ2n) is 6.23. The first-order valence-electron chi connectivity index (χ1n) is 8.63. The van der Waals surface area contributed by atoms with Crippen molar-refractivity contribution in [2.45, 2.75) is 26.2 Å². The Morgan fingerprint density at radius 2 is 1.79 bits per heavy atom. The van der Waals surface area contributed by atoms with Gasteiger partial charge >= 0.3 is 0 Å². The molecule has 0 heterocycles. The molecule has 1 unspecified atom stereocenters. The van der Waals surface area contributed by atoms with E-state index in [0.717, 1.165) is 12.2 Å². The highest BCUT2D eigenvalue weighted by Gasteiger charge is 2.14. The molecule has 0 spiro atoms. The summed E-state index contributed by atoms with van der Waals surface area (Å²) < 4.78 is 5.65. The fraction of sp³-hybridized carbons (Fsp3) is 0.273. The lowest BCUT2D eigenvalue weighted by Crippen LogP contribution is -2.15. The van der Waals surface area contributed by atoms with Crippen molar-refractivity contribution in [2.75, 3.05) is 13.2 Å². The Labute approximate surface area is 144 Å². The maximum Gasteiger partial charge on any atom is 0.122 e. The zero-order chi connectivity index (χ0) is 16.9. The SMILES string of the molecule is CCOc1ccc(C(CN)Cc2cccc3ccccc23)cc1C. The van der Waals surface area contributed by atoms with Gasteiger partial charge in [-0.1, -0.05) is 54.6 Å². The van der Waals surface area contributed by atoms with Gasteiger partial charge in [0.25, 0.3) is 0 Å². The van der Waals surface area contributed by atoms with Gasteiger partial charge in [0.15, 0.2) is 0 Å². The topological polar surface area (TPSA) is 35.2 Å². The van der Waals surface area contributed by atoms with Gasteiger partial charge < -0.3 is 10.5 Å². The Morgan fingerprint density at radius 3 is 2.54 bits per heavy atom. The monoisotopic (exact) mass is 319 g/mol. The van der Waals surface area contributed by atoms with Crippen LogP contribution in [0.1, 0.15) is 29.5 Å². The predicted molar refractivity (Wildman–Crippen MR) is 102 cm³/mol. The van der Waals surface area contributed by atoms with E-state index in [1.54, 1.807) is 0 Å². The summed E-state index contributed by atoms with van der Waals surface area (Å²) in [5.74, 6) is 1.27. The number of ether oxygens (including phenoxy) is 1. The van der Waals surface area contributed by atoms with Crippen molar-refractivity contribution >= 4 is 10.8 Å². The molecular formula is C22H25NO. The van der Waals surface area contributed by atoms with E-state index in [9.17, 15) is 0 Å². The van der Waals surface area contributed by atoms with Crippen LogP contribution in [0.4, 0.5) is 0 Å². The van der Waals surface area contributed by atoms with Crippen LogP contribution in [0.3, 0.4) is 0 Å². The lowest BCUT2D eigenvalue weighted by molar-refractivity contribution is 0.337. The minimum Gasteiger partial charge on any atom is -0.494 e. The van der Waals surface area contributed by atoms with Crippen LogP contribution in [0.5, 0.6) is 5.75 Å². The summed E-state index contributed by atoms with van der Waals surface area (Å²) in [5, 5.41) is 2.61. The molecular weight excluding hydrogens is 294 g/mol. The van der Waals surface area contributed by atoms with E-state index in [-0.39, 0.29) is 0 Å². The van der Waals surface area contributed by atoms with Crippen molar-refractivity contribution in [3.63, 3.8) is 0 Å². The third kappa shape index (κ3) is 3.44. The molecule has 0 amide bonds. The maximum atomic E-state index is 6.11. The molecule has 3 aromatic carbocycles. The Morgan fingerprint density at radius 1 is 1.00 bits per heavy atom. The van der Waals surface area contributed by atoms with Crippen molar-refractivity contribution in [3.05, 3.63) is 77.4 Å². The van der Waals surface area contributed by atoms with Gasteiger partial charge in [0.1, 0.15) is 5.75 Å².